The van der Waals surface area contributed by atoms with Crippen LogP contribution in [-0.4, -0.2) is 43.8 Å². The second kappa shape index (κ2) is 6.33. The number of hydrogen-bond donors (Lipinski definition) is 0. The Hall–Kier alpha value is -2.67. The van der Waals surface area contributed by atoms with E-state index < -0.39 is 0 Å². The van der Waals surface area contributed by atoms with Crippen molar-refractivity contribution in [3.05, 3.63) is 57.6 Å². The molecule has 1 fully saturated rings. The average Bonchev–Trinajstić information content (AvgIpc) is 2.95. The predicted molar refractivity (Wildman–Crippen MR) is 101 cm³/mol. The fraction of sp³-hybridized carbons (Fsp3) is 0.278. The van der Waals surface area contributed by atoms with E-state index in [1.165, 1.54) is 4.90 Å². The number of nitrogens with zero attached hydrogens (tertiary/aromatic N) is 4. The highest BCUT2D eigenvalue weighted by Gasteiger charge is 2.35. The standard InChI is InChI=1S/C18H20N4O2S/c1-5-21-15(17(24)19(3)18(21)25)11-14-12(2)20(4)22(16(14)23)13-9-7-6-8-10-13/h6-11H,5H2,1-4H3/b15-11-. The molecule has 0 unspecified atom stereocenters. The number of amides is 1. The zero-order valence-corrected chi connectivity index (χ0v) is 15.5. The maximum Gasteiger partial charge on any atom is 0.279 e. The van der Waals surface area contributed by atoms with Crippen LogP contribution in [0.2, 0.25) is 0 Å². The molecule has 1 aromatic carbocycles. The minimum absolute atomic E-state index is 0.164. The first-order chi connectivity index (χ1) is 11.9. The smallest absolute Gasteiger partial charge is 0.279 e. The third-order valence-corrected chi connectivity index (χ3v) is 5.02. The molecule has 3 rings (SSSR count). The number of carbonyl (C=O) groups is 1. The van der Waals surface area contributed by atoms with E-state index in [4.69, 9.17) is 12.2 Å². The van der Waals surface area contributed by atoms with Gasteiger partial charge < -0.3 is 4.90 Å². The van der Waals surface area contributed by atoms with Crippen LogP contribution in [0.5, 0.6) is 0 Å². The topological polar surface area (TPSA) is 50.5 Å². The minimum atomic E-state index is -0.194. The number of carbonyl (C=O) groups excluding carboxylic acids is 1. The lowest BCUT2D eigenvalue weighted by atomic mass is 10.2. The molecule has 6 nitrogen and oxygen atoms in total. The van der Waals surface area contributed by atoms with Gasteiger partial charge in [-0.1, -0.05) is 18.2 Å². The van der Waals surface area contributed by atoms with E-state index in [0.717, 1.165) is 11.4 Å². The Balaban J connectivity index is 2.18. The lowest BCUT2D eigenvalue weighted by Crippen LogP contribution is -2.29. The number of thiocarbonyl (C=S) groups is 1. The monoisotopic (exact) mass is 356 g/mol. The highest BCUT2D eigenvalue weighted by molar-refractivity contribution is 7.80. The van der Waals surface area contributed by atoms with Gasteiger partial charge in [0.05, 0.1) is 11.3 Å². The van der Waals surface area contributed by atoms with E-state index in [9.17, 15) is 9.59 Å². The second-order valence-electron chi connectivity index (χ2n) is 5.90. The molecule has 0 radical (unpaired) electrons. The molecule has 1 amide bonds. The first kappa shape index (κ1) is 17.2. The van der Waals surface area contributed by atoms with E-state index in [-0.39, 0.29) is 11.5 Å². The maximum absolute atomic E-state index is 13.0. The summed E-state index contributed by atoms with van der Waals surface area (Å²) >= 11 is 5.31. The summed E-state index contributed by atoms with van der Waals surface area (Å²) in [5.74, 6) is -0.194. The molecule has 0 bridgehead atoms. The lowest BCUT2D eigenvalue weighted by molar-refractivity contribution is -0.121. The van der Waals surface area contributed by atoms with Gasteiger partial charge in [-0.05, 0) is 44.3 Å². The van der Waals surface area contributed by atoms with E-state index in [2.05, 4.69) is 0 Å². The highest BCUT2D eigenvalue weighted by atomic mass is 32.1. The Bertz CT molecular complexity index is 940. The Kier molecular flexibility index (Phi) is 4.34. The first-order valence-electron chi connectivity index (χ1n) is 8.03. The Morgan fingerprint density at radius 3 is 2.36 bits per heavy atom. The van der Waals surface area contributed by atoms with Crippen molar-refractivity contribution in [3.8, 4) is 5.69 Å². The zero-order valence-electron chi connectivity index (χ0n) is 14.7. The van der Waals surface area contributed by atoms with Gasteiger partial charge in [-0.15, -0.1) is 0 Å². The molecule has 130 valence electrons. The van der Waals surface area contributed by atoms with Crippen molar-refractivity contribution in [2.24, 2.45) is 7.05 Å². The molecule has 7 heteroatoms. The molecule has 1 aromatic heterocycles. The summed E-state index contributed by atoms with van der Waals surface area (Å²) in [7, 11) is 3.48. The molecule has 1 aliphatic rings. The van der Waals surface area contributed by atoms with E-state index in [1.807, 2.05) is 51.2 Å². The van der Waals surface area contributed by atoms with Crippen LogP contribution in [0.3, 0.4) is 0 Å². The summed E-state index contributed by atoms with van der Waals surface area (Å²) in [6.45, 7) is 4.36. The van der Waals surface area contributed by atoms with Gasteiger partial charge in [0, 0.05) is 26.3 Å². The van der Waals surface area contributed by atoms with E-state index >= 15 is 0 Å². The summed E-state index contributed by atoms with van der Waals surface area (Å²) < 4.78 is 3.39. The van der Waals surface area contributed by atoms with Crippen molar-refractivity contribution < 1.29 is 4.79 Å². The van der Waals surface area contributed by atoms with Crippen LogP contribution in [-0.2, 0) is 11.8 Å². The molecular weight excluding hydrogens is 336 g/mol. The van der Waals surface area contributed by atoms with Crippen molar-refractivity contribution >= 4 is 29.3 Å². The largest absolute Gasteiger partial charge is 0.314 e. The fourth-order valence-electron chi connectivity index (χ4n) is 3.00. The molecule has 0 atom stereocenters. The number of hydrogen-bond acceptors (Lipinski definition) is 3. The molecule has 0 spiro atoms. The van der Waals surface area contributed by atoms with Gasteiger partial charge in [0.15, 0.2) is 5.11 Å². The van der Waals surface area contributed by atoms with Gasteiger partial charge in [-0.25, -0.2) is 4.68 Å². The van der Waals surface area contributed by atoms with Crippen molar-refractivity contribution in [1.82, 2.24) is 19.2 Å². The van der Waals surface area contributed by atoms with Crippen LogP contribution < -0.4 is 5.56 Å². The number of likely N-dealkylation sites (N-methyl/N-ethyl adjacent to an activating group) is 2. The summed E-state index contributed by atoms with van der Waals surface area (Å²) in [5.41, 5.74) is 2.32. The number of para-hydroxylation sites is 1. The van der Waals surface area contributed by atoms with Gasteiger partial charge >= 0.3 is 0 Å². The maximum atomic E-state index is 13.0. The summed E-state index contributed by atoms with van der Waals surface area (Å²) in [5, 5.41) is 0.454. The molecule has 25 heavy (non-hydrogen) atoms. The van der Waals surface area contributed by atoms with Crippen LogP contribution in [0.25, 0.3) is 11.8 Å². The molecular formula is C18H20N4O2S. The normalized spacial score (nSPS) is 16.4. The first-order valence-corrected chi connectivity index (χ1v) is 8.44. The molecule has 0 N–H and O–H groups in total. The number of benzene rings is 1. The van der Waals surface area contributed by atoms with Crippen molar-refractivity contribution in [2.75, 3.05) is 13.6 Å². The van der Waals surface area contributed by atoms with Crippen molar-refractivity contribution in [1.29, 1.82) is 0 Å². The van der Waals surface area contributed by atoms with Crippen LogP contribution >= 0.6 is 12.2 Å². The van der Waals surface area contributed by atoms with Crippen LogP contribution in [0.4, 0.5) is 0 Å². The SMILES string of the molecule is CCN1C(=S)N(C)C(=O)/C1=C/c1c(C)n(C)n(-c2ccccc2)c1=O. The number of rotatable bonds is 3. The fourth-order valence-corrected chi connectivity index (χ4v) is 3.31. The summed E-state index contributed by atoms with van der Waals surface area (Å²) in [6.07, 6.45) is 1.65. The molecule has 1 saturated heterocycles. The third kappa shape index (κ3) is 2.60. The van der Waals surface area contributed by atoms with E-state index in [0.29, 0.717) is 22.9 Å². The second-order valence-corrected chi connectivity index (χ2v) is 6.26. The molecule has 1 aliphatic heterocycles. The predicted octanol–water partition coefficient (Wildman–Crippen LogP) is 1.90. The minimum Gasteiger partial charge on any atom is -0.314 e. The molecule has 2 aromatic rings. The van der Waals surface area contributed by atoms with Gasteiger partial charge in [0.25, 0.3) is 11.5 Å². The Morgan fingerprint density at radius 1 is 1.12 bits per heavy atom. The van der Waals surface area contributed by atoms with Gasteiger partial charge in [-0.2, -0.15) is 0 Å². The van der Waals surface area contributed by atoms with E-state index in [1.54, 1.807) is 27.4 Å². The zero-order chi connectivity index (χ0) is 18.3. The van der Waals surface area contributed by atoms with Gasteiger partial charge in [-0.3, -0.25) is 19.2 Å². The molecule has 2 heterocycles. The van der Waals surface area contributed by atoms with Gasteiger partial charge in [0.2, 0.25) is 0 Å². The third-order valence-electron chi connectivity index (χ3n) is 4.53. The quantitative estimate of drug-likeness (QED) is 0.623. The molecule has 0 aliphatic carbocycles. The summed E-state index contributed by atoms with van der Waals surface area (Å²) in [6, 6.07) is 9.42. The Labute approximate surface area is 151 Å². The van der Waals surface area contributed by atoms with Crippen LogP contribution in [0.15, 0.2) is 40.8 Å². The Morgan fingerprint density at radius 2 is 1.76 bits per heavy atom. The van der Waals surface area contributed by atoms with Crippen LogP contribution in [0, 0.1) is 6.92 Å². The average molecular weight is 356 g/mol. The number of aromatic nitrogens is 2. The summed E-state index contributed by atoms with van der Waals surface area (Å²) in [4.78, 5) is 28.6. The van der Waals surface area contributed by atoms with Gasteiger partial charge in [0.1, 0.15) is 5.70 Å². The highest BCUT2D eigenvalue weighted by Crippen LogP contribution is 2.22. The van der Waals surface area contributed by atoms with Crippen molar-refractivity contribution in [3.63, 3.8) is 0 Å². The lowest BCUT2D eigenvalue weighted by Gasteiger charge is -2.15. The van der Waals surface area contributed by atoms with Crippen LogP contribution in [0.1, 0.15) is 18.2 Å². The molecule has 0 saturated carbocycles. The van der Waals surface area contributed by atoms with Crippen molar-refractivity contribution in [2.45, 2.75) is 13.8 Å².